The summed E-state index contributed by atoms with van der Waals surface area (Å²) in [5.74, 6) is 1.64. The summed E-state index contributed by atoms with van der Waals surface area (Å²) < 4.78 is 22.2. The highest BCUT2D eigenvalue weighted by molar-refractivity contribution is 5.82. The zero-order valence-electron chi connectivity index (χ0n) is 29.0. The van der Waals surface area contributed by atoms with E-state index in [-0.39, 0.29) is 42.3 Å². The largest absolute Gasteiger partial charge is 0.493 e. The monoisotopic (exact) mass is 635 g/mol. The van der Waals surface area contributed by atoms with E-state index in [1.807, 2.05) is 45.9 Å². The maximum Gasteiger partial charge on any atom is 0.323 e. The number of rotatable bonds is 19. The van der Waals surface area contributed by atoms with Gasteiger partial charge in [0.1, 0.15) is 12.1 Å². The molecule has 1 fully saturated rings. The SMILES string of the molecule is COCCCOc1cc(C[C@@H](C[C@H](N)[C@@H](O)CNC(=O)C(C)(C)C2CCC(OC(=O)[C@@H](N)C(C)C)CC2)C(C)C)ccc1OC. The van der Waals surface area contributed by atoms with E-state index in [9.17, 15) is 14.7 Å². The Bertz CT molecular complexity index is 1040. The Morgan fingerprint density at radius 3 is 2.24 bits per heavy atom. The van der Waals surface area contributed by atoms with Gasteiger partial charge in [-0.25, -0.2) is 0 Å². The molecule has 10 nitrogen and oxygen atoms in total. The maximum atomic E-state index is 13.3. The molecule has 258 valence electrons. The van der Waals surface area contributed by atoms with E-state index in [4.69, 9.17) is 30.4 Å². The molecule has 0 heterocycles. The van der Waals surface area contributed by atoms with E-state index in [0.717, 1.165) is 31.2 Å². The third kappa shape index (κ3) is 12.0. The van der Waals surface area contributed by atoms with Gasteiger partial charge in [-0.05, 0) is 79.9 Å². The van der Waals surface area contributed by atoms with Gasteiger partial charge in [-0.15, -0.1) is 0 Å². The molecule has 1 aromatic rings. The molecular weight excluding hydrogens is 574 g/mol. The molecule has 2 rings (SSSR count). The summed E-state index contributed by atoms with van der Waals surface area (Å²) in [6.45, 7) is 13.3. The maximum absolute atomic E-state index is 13.3. The number of hydrogen-bond donors (Lipinski definition) is 4. The van der Waals surface area contributed by atoms with Gasteiger partial charge in [0.2, 0.25) is 5.91 Å². The van der Waals surface area contributed by atoms with Crippen molar-refractivity contribution in [3.8, 4) is 11.5 Å². The van der Waals surface area contributed by atoms with Crippen molar-refractivity contribution in [2.24, 2.45) is 40.6 Å². The van der Waals surface area contributed by atoms with Crippen molar-refractivity contribution in [2.75, 3.05) is 34.0 Å². The topological polar surface area (TPSA) is 155 Å². The minimum absolute atomic E-state index is 0.0226. The van der Waals surface area contributed by atoms with Crippen LogP contribution in [0.3, 0.4) is 0 Å². The summed E-state index contributed by atoms with van der Waals surface area (Å²) in [6, 6.07) is 4.86. The number of benzene rings is 1. The third-order valence-electron chi connectivity index (χ3n) is 9.51. The molecule has 4 atom stereocenters. The standard InChI is InChI=1S/C35H61N3O7/c1-22(2)25(18-24-10-15-30(43-8)31(19-24)44-17-9-16-42-7)20-28(36)29(39)21-38-34(41)35(5,6)26-11-13-27(14-12-26)45-33(40)32(37)23(3)4/h10,15,19,22-23,25-29,32,39H,9,11-14,16-18,20-21,36-37H2,1-8H3,(H,38,41)/t25-,26?,27?,28-,29-,32-/m0/s1. The zero-order chi connectivity index (χ0) is 33.7. The summed E-state index contributed by atoms with van der Waals surface area (Å²) in [5.41, 5.74) is 12.9. The highest BCUT2D eigenvalue weighted by Crippen LogP contribution is 2.39. The molecule has 0 radical (unpaired) electrons. The van der Waals surface area contributed by atoms with Gasteiger partial charge in [0.15, 0.2) is 11.5 Å². The Balaban J connectivity index is 1.89. The van der Waals surface area contributed by atoms with Crippen LogP contribution in [0.2, 0.25) is 0 Å². The van der Waals surface area contributed by atoms with Gasteiger partial charge >= 0.3 is 5.97 Å². The first kappa shape index (κ1) is 38.8. The van der Waals surface area contributed by atoms with Crippen molar-refractivity contribution in [1.82, 2.24) is 5.32 Å². The average molecular weight is 636 g/mol. The number of hydrogen-bond acceptors (Lipinski definition) is 9. The normalized spacial score (nSPS) is 19.9. The number of aliphatic hydroxyl groups is 1. The number of methoxy groups -OCH3 is 2. The molecule has 1 aliphatic rings. The van der Waals surface area contributed by atoms with E-state index in [1.165, 1.54) is 0 Å². The van der Waals surface area contributed by atoms with Gasteiger partial charge in [-0.1, -0.05) is 47.6 Å². The Kier molecular flexibility index (Phi) is 16.1. The molecule has 6 N–H and O–H groups in total. The van der Waals surface area contributed by atoms with Crippen molar-refractivity contribution >= 4 is 11.9 Å². The van der Waals surface area contributed by atoms with Crippen LogP contribution in [-0.4, -0.2) is 75.3 Å². The van der Waals surface area contributed by atoms with E-state index in [2.05, 4.69) is 19.2 Å². The lowest BCUT2D eigenvalue weighted by molar-refractivity contribution is -0.155. The van der Waals surface area contributed by atoms with Gasteiger partial charge < -0.3 is 40.8 Å². The minimum atomic E-state index is -0.873. The second-order valence-electron chi connectivity index (χ2n) is 14.0. The molecule has 0 saturated heterocycles. The molecular formula is C35H61N3O7. The molecule has 10 heteroatoms. The van der Waals surface area contributed by atoms with Crippen LogP contribution >= 0.6 is 0 Å². The van der Waals surface area contributed by atoms with Crippen molar-refractivity contribution in [2.45, 2.75) is 111 Å². The van der Waals surface area contributed by atoms with E-state index in [0.29, 0.717) is 49.9 Å². The van der Waals surface area contributed by atoms with Crippen molar-refractivity contribution in [3.05, 3.63) is 23.8 Å². The van der Waals surface area contributed by atoms with E-state index >= 15 is 0 Å². The van der Waals surface area contributed by atoms with Gasteiger partial charge in [0.25, 0.3) is 0 Å². The number of esters is 1. The second-order valence-corrected chi connectivity index (χ2v) is 14.0. The molecule has 0 aliphatic heterocycles. The van der Waals surface area contributed by atoms with Crippen LogP contribution < -0.4 is 26.3 Å². The van der Waals surface area contributed by atoms with Crippen molar-refractivity contribution in [3.63, 3.8) is 0 Å². The molecule has 0 aromatic heterocycles. The van der Waals surface area contributed by atoms with Crippen LogP contribution in [0.15, 0.2) is 18.2 Å². The lowest BCUT2D eigenvalue weighted by atomic mass is 9.70. The highest BCUT2D eigenvalue weighted by Gasteiger charge is 2.40. The van der Waals surface area contributed by atoms with Crippen molar-refractivity contribution in [1.29, 1.82) is 0 Å². The molecule has 1 amide bonds. The Morgan fingerprint density at radius 1 is 1.00 bits per heavy atom. The molecule has 1 aromatic carbocycles. The van der Waals surface area contributed by atoms with Crippen LogP contribution in [0.25, 0.3) is 0 Å². The zero-order valence-corrected chi connectivity index (χ0v) is 29.0. The first-order chi connectivity index (χ1) is 21.2. The van der Waals surface area contributed by atoms with E-state index in [1.54, 1.807) is 14.2 Å². The van der Waals surface area contributed by atoms with Crippen molar-refractivity contribution < 1.29 is 33.6 Å². The summed E-state index contributed by atoms with van der Waals surface area (Å²) >= 11 is 0. The molecule has 1 aliphatic carbocycles. The van der Waals surface area contributed by atoms with Gasteiger partial charge in [-0.3, -0.25) is 9.59 Å². The molecule has 0 bridgehead atoms. The first-order valence-corrected chi connectivity index (χ1v) is 16.7. The average Bonchev–Trinajstić information content (AvgIpc) is 3.01. The number of carbonyl (C=O) groups is 2. The Labute approximate surface area is 271 Å². The molecule has 45 heavy (non-hydrogen) atoms. The van der Waals surface area contributed by atoms with Gasteiger partial charge in [0.05, 0.1) is 19.8 Å². The summed E-state index contributed by atoms with van der Waals surface area (Å²) in [4.78, 5) is 25.6. The second kappa shape index (κ2) is 18.7. The van der Waals surface area contributed by atoms with Crippen LogP contribution in [0.1, 0.15) is 85.6 Å². The smallest absolute Gasteiger partial charge is 0.323 e. The number of nitrogens with one attached hydrogen (secondary N) is 1. The predicted molar refractivity (Wildman–Crippen MR) is 177 cm³/mol. The Morgan fingerprint density at radius 2 is 1.67 bits per heavy atom. The third-order valence-corrected chi connectivity index (χ3v) is 9.51. The van der Waals surface area contributed by atoms with Crippen LogP contribution in [0.4, 0.5) is 0 Å². The number of ether oxygens (including phenoxy) is 4. The number of nitrogens with two attached hydrogens (primary N) is 2. The van der Waals surface area contributed by atoms with E-state index < -0.39 is 23.6 Å². The summed E-state index contributed by atoms with van der Waals surface area (Å²) in [7, 11) is 3.30. The summed E-state index contributed by atoms with van der Waals surface area (Å²) in [6.07, 6.45) is 4.10. The molecule has 0 spiro atoms. The highest BCUT2D eigenvalue weighted by atomic mass is 16.5. The molecule has 1 saturated carbocycles. The number of carbonyl (C=O) groups excluding carboxylic acids is 2. The van der Waals surface area contributed by atoms with Crippen LogP contribution in [-0.2, 0) is 25.5 Å². The Hall–Kier alpha value is -2.40. The lowest BCUT2D eigenvalue weighted by Crippen LogP contribution is -2.49. The fourth-order valence-electron chi connectivity index (χ4n) is 5.93. The fourth-order valence-corrected chi connectivity index (χ4v) is 5.93. The first-order valence-electron chi connectivity index (χ1n) is 16.7. The predicted octanol–water partition coefficient (Wildman–Crippen LogP) is 4.23. The summed E-state index contributed by atoms with van der Waals surface area (Å²) in [5, 5.41) is 13.9. The van der Waals surface area contributed by atoms with Crippen LogP contribution in [0.5, 0.6) is 11.5 Å². The lowest BCUT2D eigenvalue weighted by Gasteiger charge is -2.38. The number of amides is 1. The minimum Gasteiger partial charge on any atom is -0.493 e. The number of aliphatic hydroxyl groups excluding tert-OH is 1. The van der Waals surface area contributed by atoms with Gasteiger partial charge in [0, 0.05) is 38.1 Å². The van der Waals surface area contributed by atoms with Gasteiger partial charge in [-0.2, -0.15) is 0 Å². The molecule has 0 unspecified atom stereocenters. The van der Waals surface area contributed by atoms with Crippen LogP contribution in [0, 0.1) is 29.1 Å². The quantitative estimate of drug-likeness (QED) is 0.129. The fraction of sp³-hybridized carbons (Fsp3) is 0.771.